The molecule has 19 heavy (non-hydrogen) atoms. The summed E-state index contributed by atoms with van der Waals surface area (Å²) in [7, 11) is 0. The molecule has 0 saturated heterocycles. The van der Waals surface area contributed by atoms with E-state index in [0.717, 1.165) is 0 Å². The minimum absolute atomic E-state index is 0.0491. The van der Waals surface area contributed by atoms with Crippen LogP contribution in [0.5, 0.6) is 0 Å². The monoisotopic (exact) mass is 257 g/mol. The van der Waals surface area contributed by atoms with Crippen LogP contribution >= 0.6 is 0 Å². The maximum absolute atomic E-state index is 11.3. The zero-order valence-electron chi connectivity index (χ0n) is 9.48. The zero-order valence-corrected chi connectivity index (χ0v) is 9.48. The van der Waals surface area contributed by atoms with Crippen molar-refractivity contribution in [1.29, 1.82) is 5.26 Å². The largest absolute Gasteiger partial charge is 0.284 e. The van der Waals surface area contributed by atoms with Crippen LogP contribution in [0.1, 0.15) is 10.5 Å². The first kappa shape index (κ1) is 12.3. The molecular weight excluding hydrogens is 250 g/mol. The molecule has 2 rings (SSSR count). The second kappa shape index (κ2) is 4.97. The van der Waals surface area contributed by atoms with Gasteiger partial charge in [0.2, 0.25) is 0 Å². The van der Waals surface area contributed by atoms with Crippen molar-refractivity contribution in [1.82, 2.24) is 15.1 Å². The summed E-state index contributed by atoms with van der Waals surface area (Å²) in [5.41, 5.74) is 0.425. The van der Waals surface area contributed by atoms with Crippen molar-refractivity contribution in [2.75, 3.05) is 0 Å². The van der Waals surface area contributed by atoms with Gasteiger partial charge in [-0.1, -0.05) is 6.07 Å². The van der Waals surface area contributed by atoms with Gasteiger partial charge in [-0.3, -0.25) is 20.2 Å². The van der Waals surface area contributed by atoms with Gasteiger partial charge in [-0.2, -0.15) is 10.4 Å². The lowest BCUT2D eigenvalue weighted by Gasteiger charge is -2.00. The number of hydrogen-bond donors (Lipinski definition) is 1. The predicted octanol–water partition coefficient (Wildman–Crippen LogP) is 0.991. The molecule has 0 spiro atoms. The molecule has 0 unspecified atom stereocenters. The SMILES string of the molecule is N#CNC(=O)c1ccn(-c2cccc([N+](=O)[O-])c2)n1. The van der Waals surface area contributed by atoms with Crippen molar-refractivity contribution in [3.05, 3.63) is 52.3 Å². The maximum Gasteiger partial charge on any atom is 0.284 e. The molecule has 0 atom stereocenters. The number of nitro groups is 1. The van der Waals surface area contributed by atoms with E-state index in [1.54, 1.807) is 6.07 Å². The highest BCUT2D eigenvalue weighted by Crippen LogP contribution is 2.16. The molecule has 2 aromatic rings. The molecule has 0 aliphatic heterocycles. The van der Waals surface area contributed by atoms with Crippen LogP contribution in [-0.4, -0.2) is 20.6 Å². The van der Waals surface area contributed by atoms with Gasteiger partial charge in [0.1, 0.15) is 0 Å². The first-order valence-electron chi connectivity index (χ1n) is 5.12. The first-order valence-corrected chi connectivity index (χ1v) is 5.12. The maximum atomic E-state index is 11.3. The zero-order chi connectivity index (χ0) is 13.8. The van der Waals surface area contributed by atoms with E-state index in [9.17, 15) is 14.9 Å². The molecule has 8 heteroatoms. The molecule has 0 aliphatic rings. The van der Waals surface area contributed by atoms with Crippen molar-refractivity contribution < 1.29 is 9.72 Å². The molecule has 0 radical (unpaired) electrons. The second-order valence-corrected chi connectivity index (χ2v) is 3.49. The van der Waals surface area contributed by atoms with Crippen LogP contribution in [-0.2, 0) is 0 Å². The molecule has 1 heterocycles. The number of benzene rings is 1. The summed E-state index contributed by atoms with van der Waals surface area (Å²) < 4.78 is 1.32. The summed E-state index contributed by atoms with van der Waals surface area (Å²) in [5, 5.41) is 24.9. The average Bonchev–Trinajstić information content (AvgIpc) is 2.89. The predicted molar refractivity (Wildman–Crippen MR) is 63.3 cm³/mol. The minimum atomic E-state index is -0.633. The van der Waals surface area contributed by atoms with Crippen LogP contribution in [0, 0.1) is 21.6 Å². The van der Waals surface area contributed by atoms with Gasteiger partial charge in [0.15, 0.2) is 11.9 Å². The van der Waals surface area contributed by atoms with Crippen LogP contribution in [0.15, 0.2) is 36.5 Å². The number of carbonyl (C=O) groups excluding carboxylic acids is 1. The van der Waals surface area contributed by atoms with Gasteiger partial charge in [-0.15, -0.1) is 0 Å². The van der Waals surface area contributed by atoms with Crippen LogP contribution in [0.2, 0.25) is 0 Å². The van der Waals surface area contributed by atoms with E-state index in [-0.39, 0.29) is 11.4 Å². The molecule has 1 aromatic carbocycles. The van der Waals surface area contributed by atoms with Gasteiger partial charge in [0.05, 0.1) is 10.6 Å². The lowest BCUT2D eigenvalue weighted by Crippen LogP contribution is -2.18. The molecule has 0 bridgehead atoms. The summed E-state index contributed by atoms with van der Waals surface area (Å²) in [6.07, 6.45) is 2.98. The molecule has 1 amide bonds. The molecule has 8 nitrogen and oxygen atoms in total. The average molecular weight is 257 g/mol. The number of aromatic nitrogens is 2. The second-order valence-electron chi connectivity index (χ2n) is 3.49. The lowest BCUT2D eigenvalue weighted by atomic mass is 10.3. The summed E-state index contributed by atoms with van der Waals surface area (Å²) in [6.45, 7) is 0. The van der Waals surface area contributed by atoms with E-state index < -0.39 is 10.8 Å². The molecule has 0 fully saturated rings. The molecule has 0 saturated carbocycles. The molecule has 0 aliphatic carbocycles. The Morgan fingerprint density at radius 2 is 2.26 bits per heavy atom. The van der Waals surface area contributed by atoms with Crippen molar-refractivity contribution in [2.45, 2.75) is 0 Å². The number of nitrogens with zero attached hydrogens (tertiary/aromatic N) is 4. The number of rotatable bonds is 3. The Morgan fingerprint density at radius 3 is 2.95 bits per heavy atom. The number of nitriles is 1. The number of hydrogen-bond acceptors (Lipinski definition) is 5. The Hall–Kier alpha value is -3.21. The van der Waals surface area contributed by atoms with Crippen molar-refractivity contribution in [3.63, 3.8) is 0 Å². The smallest absolute Gasteiger partial charge is 0.266 e. The van der Waals surface area contributed by atoms with E-state index in [2.05, 4.69) is 5.10 Å². The fourth-order valence-corrected chi connectivity index (χ4v) is 1.45. The van der Waals surface area contributed by atoms with Crippen molar-refractivity contribution in [3.8, 4) is 11.9 Å². The summed E-state index contributed by atoms with van der Waals surface area (Å²) in [5.74, 6) is -0.633. The van der Waals surface area contributed by atoms with Gasteiger partial charge >= 0.3 is 0 Å². The van der Waals surface area contributed by atoms with E-state index in [4.69, 9.17) is 5.26 Å². The highest BCUT2D eigenvalue weighted by molar-refractivity contribution is 5.93. The number of carbonyl (C=O) groups is 1. The van der Waals surface area contributed by atoms with Crippen molar-refractivity contribution >= 4 is 11.6 Å². The van der Waals surface area contributed by atoms with Gasteiger partial charge in [0, 0.05) is 18.3 Å². The third-order valence-electron chi connectivity index (χ3n) is 2.30. The van der Waals surface area contributed by atoms with E-state index in [1.807, 2.05) is 5.32 Å². The highest BCUT2D eigenvalue weighted by Gasteiger charge is 2.11. The molecule has 1 aromatic heterocycles. The minimum Gasteiger partial charge on any atom is -0.266 e. The van der Waals surface area contributed by atoms with Crippen LogP contribution < -0.4 is 5.32 Å². The van der Waals surface area contributed by atoms with Crippen LogP contribution in [0.25, 0.3) is 5.69 Å². The fourth-order valence-electron chi connectivity index (χ4n) is 1.45. The summed E-state index contributed by atoms with van der Waals surface area (Å²) >= 11 is 0. The molecular formula is C11H7N5O3. The Balaban J connectivity index is 2.33. The Labute approximate surface area is 107 Å². The number of amides is 1. The van der Waals surface area contributed by atoms with E-state index in [0.29, 0.717) is 5.69 Å². The van der Waals surface area contributed by atoms with Gasteiger partial charge in [-0.25, -0.2) is 4.68 Å². The quantitative estimate of drug-likeness (QED) is 0.381. The van der Waals surface area contributed by atoms with Gasteiger partial charge < -0.3 is 0 Å². The first-order chi connectivity index (χ1) is 9.11. The van der Waals surface area contributed by atoms with Crippen molar-refractivity contribution in [2.24, 2.45) is 0 Å². The number of nitrogens with one attached hydrogen (secondary N) is 1. The topological polar surface area (TPSA) is 114 Å². The third kappa shape index (κ3) is 2.55. The lowest BCUT2D eigenvalue weighted by molar-refractivity contribution is -0.384. The molecule has 1 N–H and O–H groups in total. The third-order valence-corrected chi connectivity index (χ3v) is 2.30. The summed E-state index contributed by atoms with van der Waals surface area (Å²) in [6, 6.07) is 7.23. The van der Waals surface area contributed by atoms with Gasteiger partial charge in [0.25, 0.3) is 11.6 Å². The Morgan fingerprint density at radius 1 is 1.47 bits per heavy atom. The summed E-state index contributed by atoms with van der Waals surface area (Å²) in [4.78, 5) is 21.5. The normalized spacial score (nSPS) is 9.63. The fraction of sp³-hybridized carbons (Fsp3) is 0. The number of nitro benzene ring substituents is 1. The Kier molecular flexibility index (Phi) is 3.20. The standard InChI is InChI=1S/C11H7N5O3/c12-7-13-11(17)10-4-5-15(14-10)8-2-1-3-9(6-8)16(18)19/h1-6H,(H,13,17). The van der Waals surface area contributed by atoms with Crippen LogP contribution in [0.4, 0.5) is 5.69 Å². The number of non-ortho nitro benzene ring substituents is 1. The molecule has 94 valence electrons. The highest BCUT2D eigenvalue weighted by atomic mass is 16.6. The van der Waals surface area contributed by atoms with Crippen LogP contribution in [0.3, 0.4) is 0 Å². The van der Waals surface area contributed by atoms with E-state index in [1.165, 1.54) is 41.3 Å². The Bertz CT molecular complexity index is 686. The van der Waals surface area contributed by atoms with Gasteiger partial charge in [-0.05, 0) is 12.1 Å². The van der Waals surface area contributed by atoms with E-state index >= 15 is 0 Å².